The molecule has 2 aromatic carbocycles. The first-order valence-corrected chi connectivity index (χ1v) is 13.4. The number of nitrogens with one attached hydrogen (secondary N) is 1. The van der Waals surface area contributed by atoms with Crippen LogP contribution in [0.2, 0.25) is 0 Å². The number of carbonyl (C=O) groups excluding carboxylic acids is 2. The molecule has 2 fully saturated rings. The van der Waals surface area contributed by atoms with Gasteiger partial charge in [-0.1, -0.05) is 25.1 Å². The number of hydrogen-bond acceptors (Lipinski definition) is 4. The second-order valence-electron chi connectivity index (χ2n) is 10.3. The number of piperidine rings is 2. The van der Waals surface area contributed by atoms with Crippen molar-refractivity contribution in [3.63, 3.8) is 0 Å². The van der Waals surface area contributed by atoms with E-state index in [0.29, 0.717) is 18.6 Å². The fourth-order valence-corrected chi connectivity index (χ4v) is 5.58. The number of nitrogens with zero attached hydrogens (tertiary/aromatic N) is 4. The lowest BCUT2D eigenvalue weighted by Crippen LogP contribution is -2.40. The van der Waals surface area contributed by atoms with Crippen LogP contribution in [0.25, 0.3) is 11.0 Å². The second kappa shape index (κ2) is 11.2. The van der Waals surface area contributed by atoms with Crippen LogP contribution >= 0.6 is 0 Å². The number of fused-ring (bicyclic) bond motifs is 1. The molecule has 1 atom stereocenters. The molecule has 10 heteroatoms. The highest BCUT2D eigenvalue weighted by Crippen LogP contribution is 2.33. The van der Waals surface area contributed by atoms with E-state index in [2.05, 4.69) is 22.9 Å². The number of aromatic nitrogens is 2. The molecular formula is C29H32F3N5O2. The summed E-state index contributed by atoms with van der Waals surface area (Å²) in [6.45, 7) is 7.54. The van der Waals surface area contributed by atoms with Crippen LogP contribution < -0.4 is 5.32 Å². The number of benzene rings is 2. The van der Waals surface area contributed by atoms with Crippen LogP contribution in [0, 0.1) is 0 Å². The zero-order valence-corrected chi connectivity index (χ0v) is 21.7. The van der Waals surface area contributed by atoms with Gasteiger partial charge in [-0.15, -0.1) is 0 Å². The van der Waals surface area contributed by atoms with E-state index in [-0.39, 0.29) is 23.5 Å². The summed E-state index contributed by atoms with van der Waals surface area (Å²) < 4.78 is 41.7. The second-order valence-corrected chi connectivity index (χ2v) is 10.3. The molecule has 3 heterocycles. The van der Waals surface area contributed by atoms with Gasteiger partial charge in [-0.25, -0.2) is 4.98 Å². The van der Waals surface area contributed by atoms with Crippen LogP contribution in [-0.4, -0.2) is 57.3 Å². The summed E-state index contributed by atoms with van der Waals surface area (Å²) in [6, 6.07) is 10.2. The van der Waals surface area contributed by atoms with Crippen LogP contribution in [0.1, 0.15) is 59.6 Å². The molecule has 0 bridgehead atoms. The van der Waals surface area contributed by atoms with Gasteiger partial charge in [0.25, 0.3) is 5.91 Å². The molecule has 7 nitrogen and oxygen atoms in total. The molecule has 5 rings (SSSR count). The molecule has 0 radical (unpaired) electrons. The molecule has 1 N–H and O–H groups in total. The normalized spacial score (nSPS) is 18.7. The molecule has 0 unspecified atom stereocenters. The third-order valence-electron chi connectivity index (χ3n) is 7.53. The van der Waals surface area contributed by atoms with Crippen LogP contribution in [-0.2, 0) is 17.5 Å². The molecule has 0 aliphatic carbocycles. The van der Waals surface area contributed by atoms with Gasteiger partial charge in [0.05, 0.1) is 22.6 Å². The van der Waals surface area contributed by atoms with E-state index < -0.39 is 17.6 Å². The van der Waals surface area contributed by atoms with Gasteiger partial charge in [0, 0.05) is 25.2 Å². The number of hydrogen-bond donors (Lipinski definition) is 1. The highest BCUT2D eigenvalue weighted by Gasteiger charge is 2.32. The third-order valence-corrected chi connectivity index (χ3v) is 7.53. The van der Waals surface area contributed by atoms with E-state index in [1.54, 1.807) is 4.90 Å². The SMILES string of the molecule is C=CC(=O)N1CCC[C@@H](n2c(NC(=O)c3cccc(C(F)(F)F)c3)nc3cc(CN4CCCCC4)ccc32)C1. The van der Waals surface area contributed by atoms with Crippen LogP contribution in [0.5, 0.6) is 0 Å². The maximum Gasteiger partial charge on any atom is 0.416 e. The monoisotopic (exact) mass is 539 g/mol. The predicted molar refractivity (Wildman–Crippen MR) is 143 cm³/mol. The molecule has 2 saturated heterocycles. The van der Waals surface area contributed by atoms with Gasteiger partial charge in [-0.2, -0.15) is 13.2 Å². The van der Waals surface area contributed by atoms with Crippen molar-refractivity contribution < 1.29 is 22.8 Å². The van der Waals surface area contributed by atoms with Crippen molar-refractivity contribution in [3.05, 3.63) is 71.8 Å². The maximum absolute atomic E-state index is 13.3. The summed E-state index contributed by atoms with van der Waals surface area (Å²) in [6.07, 6.45) is 1.87. The topological polar surface area (TPSA) is 70.5 Å². The lowest BCUT2D eigenvalue weighted by atomic mass is 10.0. The first-order valence-electron chi connectivity index (χ1n) is 13.4. The fourth-order valence-electron chi connectivity index (χ4n) is 5.58. The Labute approximate surface area is 225 Å². The van der Waals surface area contributed by atoms with Crippen LogP contribution in [0.15, 0.2) is 55.1 Å². The molecular weight excluding hydrogens is 507 g/mol. The Bertz CT molecular complexity index is 1380. The first-order chi connectivity index (χ1) is 18.7. The molecule has 206 valence electrons. The van der Waals surface area contributed by atoms with Crippen LogP contribution in [0.4, 0.5) is 19.1 Å². The van der Waals surface area contributed by atoms with E-state index in [1.165, 1.54) is 37.5 Å². The Balaban J connectivity index is 1.49. The van der Waals surface area contributed by atoms with Gasteiger partial charge in [0.1, 0.15) is 0 Å². The molecule has 3 aromatic rings. The molecule has 2 aliphatic rings. The Kier molecular flexibility index (Phi) is 7.74. The van der Waals surface area contributed by atoms with E-state index in [0.717, 1.165) is 55.7 Å². The van der Waals surface area contributed by atoms with Crippen molar-refractivity contribution in [2.75, 3.05) is 31.5 Å². The van der Waals surface area contributed by atoms with Crippen molar-refractivity contribution in [1.82, 2.24) is 19.4 Å². The Morgan fingerprint density at radius 3 is 2.59 bits per heavy atom. The van der Waals surface area contributed by atoms with Gasteiger partial charge in [0.2, 0.25) is 11.9 Å². The number of alkyl halides is 3. The molecule has 0 saturated carbocycles. The summed E-state index contributed by atoms with van der Waals surface area (Å²) in [7, 11) is 0. The van der Waals surface area contributed by atoms with Crippen molar-refractivity contribution in [2.24, 2.45) is 0 Å². The number of likely N-dealkylation sites (tertiary alicyclic amines) is 2. The predicted octanol–water partition coefficient (Wildman–Crippen LogP) is 5.64. The Morgan fingerprint density at radius 1 is 1.05 bits per heavy atom. The lowest BCUT2D eigenvalue weighted by Gasteiger charge is -2.33. The fraction of sp³-hybridized carbons (Fsp3) is 0.414. The number of anilines is 1. The van der Waals surface area contributed by atoms with Crippen molar-refractivity contribution in [2.45, 2.75) is 50.9 Å². The van der Waals surface area contributed by atoms with Gasteiger partial charge in [0.15, 0.2) is 0 Å². The molecule has 2 aliphatic heterocycles. The summed E-state index contributed by atoms with van der Waals surface area (Å²) in [4.78, 5) is 34.4. The number of carbonyl (C=O) groups is 2. The average molecular weight is 540 g/mol. The molecule has 1 aromatic heterocycles. The molecule has 39 heavy (non-hydrogen) atoms. The minimum atomic E-state index is -4.56. The average Bonchev–Trinajstić information content (AvgIpc) is 3.29. The molecule has 2 amide bonds. The number of amides is 2. The van der Waals surface area contributed by atoms with Gasteiger partial charge < -0.3 is 9.47 Å². The van der Waals surface area contributed by atoms with E-state index in [9.17, 15) is 22.8 Å². The Hall–Kier alpha value is -3.66. The lowest BCUT2D eigenvalue weighted by molar-refractivity contribution is -0.137. The van der Waals surface area contributed by atoms with E-state index >= 15 is 0 Å². The first kappa shape index (κ1) is 26.9. The van der Waals surface area contributed by atoms with Crippen molar-refractivity contribution >= 4 is 28.8 Å². The zero-order valence-electron chi connectivity index (χ0n) is 21.7. The van der Waals surface area contributed by atoms with E-state index in [1.807, 2.05) is 16.7 Å². The smallest absolute Gasteiger partial charge is 0.337 e. The van der Waals surface area contributed by atoms with Crippen molar-refractivity contribution in [3.8, 4) is 0 Å². The highest BCUT2D eigenvalue weighted by atomic mass is 19.4. The van der Waals surface area contributed by atoms with Crippen molar-refractivity contribution in [1.29, 1.82) is 0 Å². The number of imidazole rings is 1. The summed E-state index contributed by atoms with van der Waals surface area (Å²) >= 11 is 0. The third kappa shape index (κ3) is 6.00. The minimum Gasteiger partial charge on any atom is -0.337 e. The summed E-state index contributed by atoms with van der Waals surface area (Å²) in [5, 5.41) is 2.76. The summed E-state index contributed by atoms with van der Waals surface area (Å²) in [5.41, 5.74) is 1.60. The molecule has 0 spiro atoms. The van der Waals surface area contributed by atoms with Gasteiger partial charge in [-0.05, 0) is 80.7 Å². The number of halogens is 3. The minimum absolute atomic E-state index is 0.110. The van der Waals surface area contributed by atoms with Gasteiger partial charge >= 0.3 is 6.18 Å². The maximum atomic E-state index is 13.3. The largest absolute Gasteiger partial charge is 0.416 e. The Morgan fingerprint density at radius 2 is 1.85 bits per heavy atom. The zero-order chi connectivity index (χ0) is 27.6. The summed E-state index contributed by atoms with van der Waals surface area (Å²) in [5.74, 6) is -0.594. The standard InChI is InChI=1S/C29H32F3N5O2/c1-2-26(38)36-15-7-10-23(19-36)37-25-12-11-20(18-35-13-4-3-5-14-35)16-24(25)33-28(37)34-27(39)21-8-6-9-22(17-21)29(30,31)32/h2,6,8-9,11-12,16-17,23H,1,3-5,7,10,13-15,18-19H2,(H,33,34,39)/t23-/m1/s1. The van der Waals surface area contributed by atoms with Crippen LogP contribution in [0.3, 0.4) is 0 Å². The number of rotatable bonds is 6. The quantitative estimate of drug-likeness (QED) is 0.412. The van der Waals surface area contributed by atoms with E-state index in [4.69, 9.17) is 4.98 Å². The highest BCUT2D eigenvalue weighted by molar-refractivity contribution is 6.04. The van der Waals surface area contributed by atoms with Gasteiger partial charge in [-0.3, -0.25) is 19.8 Å².